The second kappa shape index (κ2) is 3.99. The Kier molecular flexibility index (Phi) is 2.63. The van der Waals surface area contributed by atoms with Crippen LogP contribution in [0.25, 0.3) is 0 Å². The highest BCUT2D eigenvalue weighted by atomic mass is 32.2. The normalized spacial score (nSPS) is 30.1. The number of benzene rings is 1. The molecule has 1 aromatic carbocycles. The quantitative estimate of drug-likeness (QED) is 0.628. The van der Waals surface area contributed by atoms with Crippen molar-refractivity contribution in [2.45, 2.75) is 10.9 Å². The topological polar surface area (TPSA) is 107 Å². The van der Waals surface area contributed by atoms with Gasteiger partial charge in [-0.3, -0.25) is 10.1 Å². The van der Waals surface area contributed by atoms with Gasteiger partial charge in [0.2, 0.25) is 10.0 Å². The maximum atomic E-state index is 12.4. The van der Waals surface area contributed by atoms with E-state index in [1.165, 1.54) is 28.6 Å². The minimum absolute atomic E-state index is 0.0807. The molecule has 8 heteroatoms. The summed E-state index contributed by atoms with van der Waals surface area (Å²) in [4.78, 5) is 10.00. The van der Waals surface area contributed by atoms with E-state index in [1.807, 2.05) is 0 Å². The van der Waals surface area contributed by atoms with E-state index in [9.17, 15) is 18.5 Å². The number of hydrogen-bond donors (Lipinski definition) is 1. The van der Waals surface area contributed by atoms with E-state index in [2.05, 4.69) is 0 Å². The van der Waals surface area contributed by atoms with E-state index in [1.54, 1.807) is 0 Å². The molecule has 1 aromatic rings. The molecule has 1 saturated heterocycles. The van der Waals surface area contributed by atoms with Crippen LogP contribution in [-0.2, 0) is 10.0 Å². The fourth-order valence-electron chi connectivity index (χ4n) is 2.70. The number of nitrogens with zero attached hydrogens (tertiary/aromatic N) is 2. The Morgan fingerprint density at radius 2 is 1.84 bits per heavy atom. The first kappa shape index (κ1) is 12.5. The summed E-state index contributed by atoms with van der Waals surface area (Å²) in [5.41, 5.74) is 5.38. The second-order valence-electron chi connectivity index (χ2n) is 4.95. The van der Waals surface area contributed by atoms with Crippen LogP contribution in [0.2, 0.25) is 0 Å². The molecule has 19 heavy (non-hydrogen) atoms. The summed E-state index contributed by atoms with van der Waals surface area (Å²) >= 11 is 0. The molecule has 7 nitrogen and oxygen atoms in total. The largest absolute Gasteiger partial charge is 0.327 e. The summed E-state index contributed by atoms with van der Waals surface area (Å²) in [6, 6.07) is 5.50. The number of hydrogen-bond acceptors (Lipinski definition) is 5. The van der Waals surface area contributed by atoms with Gasteiger partial charge < -0.3 is 5.73 Å². The molecule has 0 spiro atoms. The Labute approximate surface area is 110 Å². The molecule has 2 N–H and O–H groups in total. The van der Waals surface area contributed by atoms with E-state index >= 15 is 0 Å². The van der Waals surface area contributed by atoms with Crippen LogP contribution in [-0.4, -0.2) is 36.8 Å². The third-order valence-corrected chi connectivity index (χ3v) is 5.79. The molecule has 1 unspecified atom stereocenters. The van der Waals surface area contributed by atoms with Crippen LogP contribution < -0.4 is 5.73 Å². The Hall–Kier alpha value is -1.51. The summed E-state index contributed by atoms with van der Waals surface area (Å²) in [6.45, 7) is 0.723. The van der Waals surface area contributed by atoms with Gasteiger partial charge >= 0.3 is 0 Å². The molecule has 102 valence electrons. The van der Waals surface area contributed by atoms with Crippen molar-refractivity contribution in [2.24, 2.45) is 17.6 Å². The lowest BCUT2D eigenvalue weighted by Crippen LogP contribution is -2.34. The van der Waals surface area contributed by atoms with Gasteiger partial charge in [0.05, 0.1) is 4.92 Å². The zero-order valence-electron chi connectivity index (χ0n) is 9.97. The average molecular weight is 283 g/mol. The van der Waals surface area contributed by atoms with Gasteiger partial charge in [-0.2, -0.15) is 4.31 Å². The van der Waals surface area contributed by atoms with Crippen LogP contribution in [0.5, 0.6) is 0 Å². The van der Waals surface area contributed by atoms with Crippen molar-refractivity contribution in [1.82, 2.24) is 4.31 Å². The van der Waals surface area contributed by atoms with Crippen molar-refractivity contribution in [1.29, 1.82) is 0 Å². The third kappa shape index (κ3) is 1.83. The van der Waals surface area contributed by atoms with Crippen LogP contribution >= 0.6 is 0 Å². The van der Waals surface area contributed by atoms with E-state index in [0.717, 1.165) is 0 Å². The molecule has 3 rings (SSSR count). The smallest absolute Gasteiger partial charge is 0.289 e. The van der Waals surface area contributed by atoms with Gasteiger partial charge in [-0.05, 0) is 17.9 Å². The standard InChI is InChI=1S/C11H13N3O4S/c12-11-7-5-13(6-8(7)11)19(17,18)10-4-2-1-3-9(10)14(15)16/h1-4,7-8,11H,5-6,12H2/t7-,8+,11?. The number of piperidine rings is 1. The predicted octanol–water partition coefficient (Wildman–Crippen LogP) is 0.172. The highest BCUT2D eigenvalue weighted by Gasteiger charge is 2.56. The van der Waals surface area contributed by atoms with Crippen molar-refractivity contribution in [3.05, 3.63) is 34.4 Å². The van der Waals surface area contributed by atoms with Crippen LogP contribution in [0, 0.1) is 22.0 Å². The number of fused-ring (bicyclic) bond motifs is 1. The van der Waals surface area contributed by atoms with Gasteiger partial charge in [0.25, 0.3) is 5.69 Å². The molecule has 1 aliphatic heterocycles. The first-order valence-corrected chi connectivity index (χ1v) is 7.36. The fourth-order valence-corrected chi connectivity index (χ4v) is 4.37. The average Bonchev–Trinajstić information content (AvgIpc) is 2.79. The number of rotatable bonds is 3. The molecule has 0 bridgehead atoms. The van der Waals surface area contributed by atoms with Crippen LogP contribution in [0.1, 0.15) is 0 Å². The molecule has 2 aliphatic rings. The zero-order valence-corrected chi connectivity index (χ0v) is 10.8. The minimum Gasteiger partial charge on any atom is -0.327 e. The molecule has 1 heterocycles. The molecular weight excluding hydrogens is 270 g/mol. The lowest BCUT2D eigenvalue weighted by molar-refractivity contribution is -0.387. The Morgan fingerprint density at radius 3 is 2.42 bits per heavy atom. The third-order valence-electron chi connectivity index (χ3n) is 3.91. The molecule has 1 saturated carbocycles. The molecule has 1 aliphatic carbocycles. The minimum atomic E-state index is -3.80. The molecular formula is C11H13N3O4S. The predicted molar refractivity (Wildman–Crippen MR) is 66.8 cm³/mol. The monoisotopic (exact) mass is 283 g/mol. The molecule has 3 atom stereocenters. The fraction of sp³-hybridized carbons (Fsp3) is 0.455. The van der Waals surface area contributed by atoms with E-state index in [4.69, 9.17) is 5.73 Å². The SMILES string of the molecule is NC1[C@H]2CN(S(=O)(=O)c3ccccc3[N+](=O)[O-])C[C@@H]12. The highest BCUT2D eigenvalue weighted by molar-refractivity contribution is 7.89. The summed E-state index contributed by atoms with van der Waals surface area (Å²) in [6.07, 6.45) is 0. The molecule has 2 fully saturated rings. The van der Waals surface area contributed by atoms with Gasteiger partial charge in [-0.1, -0.05) is 12.1 Å². The van der Waals surface area contributed by atoms with E-state index in [0.29, 0.717) is 13.1 Å². The number of nitro benzene ring substituents is 1. The van der Waals surface area contributed by atoms with E-state index < -0.39 is 14.9 Å². The van der Waals surface area contributed by atoms with Crippen molar-refractivity contribution in [2.75, 3.05) is 13.1 Å². The van der Waals surface area contributed by atoms with Gasteiger partial charge in [0.15, 0.2) is 4.90 Å². The zero-order chi connectivity index (χ0) is 13.8. The van der Waals surface area contributed by atoms with Crippen molar-refractivity contribution < 1.29 is 13.3 Å². The van der Waals surface area contributed by atoms with Gasteiger partial charge in [-0.15, -0.1) is 0 Å². The van der Waals surface area contributed by atoms with Crippen molar-refractivity contribution in [3.63, 3.8) is 0 Å². The number of sulfonamides is 1. The van der Waals surface area contributed by atoms with Crippen LogP contribution in [0.3, 0.4) is 0 Å². The molecule has 0 amide bonds. The first-order chi connectivity index (χ1) is 8.93. The summed E-state index contributed by atoms with van der Waals surface area (Å²) < 4.78 is 26.1. The lowest BCUT2D eigenvalue weighted by Gasteiger charge is -2.18. The van der Waals surface area contributed by atoms with Crippen molar-refractivity contribution in [3.8, 4) is 0 Å². The summed E-state index contributed by atoms with van der Waals surface area (Å²) in [5, 5.41) is 10.9. The Bertz CT molecular complexity index is 633. The van der Waals surface area contributed by atoms with Gasteiger partial charge in [0, 0.05) is 25.2 Å². The number of para-hydroxylation sites is 1. The first-order valence-electron chi connectivity index (χ1n) is 5.92. The van der Waals surface area contributed by atoms with Crippen LogP contribution in [0.15, 0.2) is 29.2 Å². The number of nitro groups is 1. The highest BCUT2D eigenvalue weighted by Crippen LogP contribution is 2.46. The maximum Gasteiger partial charge on any atom is 0.289 e. The lowest BCUT2D eigenvalue weighted by atomic mass is 10.3. The van der Waals surface area contributed by atoms with Gasteiger partial charge in [-0.25, -0.2) is 8.42 Å². The summed E-state index contributed by atoms with van der Waals surface area (Å²) in [7, 11) is -3.80. The molecule has 0 radical (unpaired) electrons. The maximum absolute atomic E-state index is 12.4. The molecule has 0 aromatic heterocycles. The van der Waals surface area contributed by atoms with Crippen molar-refractivity contribution >= 4 is 15.7 Å². The van der Waals surface area contributed by atoms with Gasteiger partial charge in [0.1, 0.15) is 0 Å². The van der Waals surface area contributed by atoms with E-state index in [-0.39, 0.29) is 28.5 Å². The number of nitrogens with two attached hydrogens (primary N) is 1. The second-order valence-corrected chi connectivity index (χ2v) is 6.86. The Morgan fingerprint density at radius 1 is 1.26 bits per heavy atom. The summed E-state index contributed by atoms with van der Waals surface area (Å²) in [5.74, 6) is 0.412. The van der Waals surface area contributed by atoms with Crippen LogP contribution in [0.4, 0.5) is 5.69 Å². The Balaban J connectivity index is 1.95.